The topological polar surface area (TPSA) is 152 Å². The molecule has 0 bridgehead atoms. The Morgan fingerprint density at radius 3 is 1.04 bits per heavy atom. The predicted molar refractivity (Wildman–Crippen MR) is 175 cm³/mol. The molecule has 2 aliphatic rings. The Labute approximate surface area is 278 Å². The molecule has 48 heavy (non-hydrogen) atoms. The molecule has 250 valence electrons. The standard InChI is InChI=1S/C38H38O10/c1-37(2)45-31(29(39)25-13-5-21(6-14-25)23-9-17-27(18-10-23)35(41)42)33(47-37)34-32(46-38(3,4)48-34)30(40)26-15-7-22(8-16-26)24-11-19-28(20-12-24)36(43)44/h5-20,29-34,39-40H,1-4H3,(H,41,42)(H,43,44)/t29?,30?,31-,32+,33+,34-. The molecule has 10 heteroatoms. The van der Waals surface area contributed by atoms with Crippen molar-refractivity contribution in [1.82, 2.24) is 0 Å². The zero-order valence-corrected chi connectivity index (χ0v) is 26.9. The Bertz CT molecular complexity index is 1630. The van der Waals surface area contributed by atoms with E-state index < -0.39 is 60.1 Å². The molecule has 10 nitrogen and oxygen atoms in total. The number of carboxylic acids is 2. The number of hydrogen-bond donors (Lipinski definition) is 4. The van der Waals surface area contributed by atoms with Crippen LogP contribution in [0.5, 0.6) is 0 Å². The lowest BCUT2D eigenvalue weighted by Crippen LogP contribution is -2.46. The van der Waals surface area contributed by atoms with Gasteiger partial charge in [-0.25, -0.2) is 9.59 Å². The maximum atomic E-state index is 11.6. The zero-order valence-electron chi connectivity index (χ0n) is 26.9. The number of aliphatic hydroxyl groups excluding tert-OH is 2. The lowest BCUT2D eigenvalue weighted by Gasteiger charge is -2.30. The summed E-state index contributed by atoms with van der Waals surface area (Å²) in [6, 6.07) is 27.7. The summed E-state index contributed by atoms with van der Waals surface area (Å²) in [5.74, 6) is -4.12. The molecule has 4 N–H and O–H groups in total. The van der Waals surface area contributed by atoms with Gasteiger partial charge in [-0.15, -0.1) is 0 Å². The average Bonchev–Trinajstić information content (AvgIpc) is 3.58. The molecule has 6 rings (SSSR count). The highest BCUT2D eigenvalue weighted by Gasteiger charge is 2.57. The van der Waals surface area contributed by atoms with Gasteiger partial charge in [-0.3, -0.25) is 0 Å². The Kier molecular flexibility index (Phi) is 8.99. The molecule has 6 atom stereocenters. The van der Waals surface area contributed by atoms with E-state index in [1.807, 2.05) is 24.3 Å². The second-order valence-electron chi connectivity index (χ2n) is 13.0. The zero-order chi connectivity index (χ0) is 34.4. The molecule has 0 radical (unpaired) electrons. The van der Waals surface area contributed by atoms with Gasteiger partial charge in [0.1, 0.15) is 36.6 Å². The number of aliphatic hydroxyl groups is 2. The molecule has 2 heterocycles. The van der Waals surface area contributed by atoms with Crippen LogP contribution < -0.4 is 0 Å². The van der Waals surface area contributed by atoms with Gasteiger partial charge in [0.05, 0.1) is 11.1 Å². The van der Waals surface area contributed by atoms with Crippen molar-refractivity contribution in [3.63, 3.8) is 0 Å². The Morgan fingerprint density at radius 1 is 0.500 bits per heavy atom. The highest BCUT2D eigenvalue weighted by atomic mass is 16.8. The number of hydrogen-bond acceptors (Lipinski definition) is 8. The first-order valence-electron chi connectivity index (χ1n) is 15.7. The van der Waals surface area contributed by atoms with E-state index in [4.69, 9.17) is 18.9 Å². The summed E-state index contributed by atoms with van der Waals surface area (Å²) >= 11 is 0. The van der Waals surface area contributed by atoms with Crippen molar-refractivity contribution in [2.75, 3.05) is 0 Å². The number of rotatable bonds is 9. The Hall–Kier alpha value is -4.42. The molecule has 0 aliphatic carbocycles. The average molecular weight is 655 g/mol. The van der Waals surface area contributed by atoms with Crippen LogP contribution in [0.25, 0.3) is 22.3 Å². The number of aromatic carboxylic acids is 2. The molecular formula is C38H38O10. The van der Waals surface area contributed by atoms with Gasteiger partial charge in [0.2, 0.25) is 0 Å². The molecule has 0 aromatic heterocycles. The van der Waals surface area contributed by atoms with Crippen LogP contribution in [-0.2, 0) is 18.9 Å². The number of ether oxygens (including phenoxy) is 4. The van der Waals surface area contributed by atoms with Gasteiger partial charge >= 0.3 is 11.9 Å². The van der Waals surface area contributed by atoms with E-state index in [9.17, 15) is 30.0 Å². The summed E-state index contributed by atoms with van der Waals surface area (Å²) in [4.78, 5) is 22.4. The highest BCUT2D eigenvalue weighted by molar-refractivity contribution is 5.89. The van der Waals surface area contributed by atoms with Gasteiger partial charge in [-0.1, -0.05) is 72.8 Å². The van der Waals surface area contributed by atoms with Gasteiger partial charge in [0.25, 0.3) is 0 Å². The fourth-order valence-corrected chi connectivity index (χ4v) is 6.37. The quantitative estimate of drug-likeness (QED) is 0.164. The fraction of sp³-hybridized carbons (Fsp3) is 0.316. The lowest BCUT2D eigenvalue weighted by atomic mass is 9.90. The van der Waals surface area contributed by atoms with Crippen molar-refractivity contribution in [3.8, 4) is 22.3 Å². The Balaban J connectivity index is 1.22. The molecule has 4 aromatic rings. The Morgan fingerprint density at radius 2 is 0.771 bits per heavy atom. The van der Waals surface area contributed by atoms with Crippen molar-refractivity contribution in [2.45, 2.75) is 75.9 Å². The van der Waals surface area contributed by atoms with Crippen LogP contribution in [0.4, 0.5) is 0 Å². The highest BCUT2D eigenvalue weighted by Crippen LogP contribution is 2.45. The first-order valence-corrected chi connectivity index (χ1v) is 15.7. The third-order valence-corrected chi connectivity index (χ3v) is 8.71. The largest absolute Gasteiger partial charge is 0.478 e. The van der Waals surface area contributed by atoms with E-state index >= 15 is 0 Å². The smallest absolute Gasteiger partial charge is 0.335 e. The summed E-state index contributed by atoms with van der Waals surface area (Å²) in [5, 5.41) is 41.7. The van der Waals surface area contributed by atoms with E-state index in [1.54, 1.807) is 100 Å². The molecule has 0 amide bonds. The van der Waals surface area contributed by atoms with Gasteiger partial charge in [0.15, 0.2) is 11.6 Å². The van der Waals surface area contributed by atoms with Crippen LogP contribution in [0, 0.1) is 0 Å². The number of carboxylic acid groups (broad SMARTS) is 2. The number of benzene rings is 4. The molecule has 2 aliphatic heterocycles. The summed E-state index contributed by atoms with van der Waals surface area (Å²) < 4.78 is 25.2. The third kappa shape index (κ3) is 6.91. The van der Waals surface area contributed by atoms with Crippen LogP contribution in [-0.4, -0.2) is 68.4 Å². The van der Waals surface area contributed by atoms with Crippen molar-refractivity contribution < 1.29 is 49.0 Å². The summed E-state index contributed by atoms with van der Waals surface area (Å²) in [6.07, 6.45) is -5.59. The second kappa shape index (κ2) is 12.9. The fourth-order valence-electron chi connectivity index (χ4n) is 6.37. The minimum Gasteiger partial charge on any atom is -0.478 e. The molecule has 2 saturated heterocycles. The van der Waals surface area contributed by atoms with Crippen LogP contribution in [0.15, 0.2) is 97.1 Å². The minimum atomic E-state index is -1.11. The van der Waals surface area contributed by atoms with Crippen molar-refractivity contribution in [3.05, 3.63) is 119 Å². The maximum absolute atomic E-state index is 11.6. The molecule has 0 saturated carbocycles. The third-order valence-electron chi connectivity index (χ3n) is 8.71. The summed E-state index contributed by atoms with van der Waals surface area (Å²) in [5.41, 5.74) is 4.93. The monoisotopic (exact) mass is 654 g/mol. The second-order valence-corrected chi connectivity index (χ2v) is 13.0. The van der Waals surface area contributed by atoms with Crippen molar-refractivity contribution in [2.24, 2.45) is 0 Å². The van der Waals surface area contributed by atoms with Crippen LogP contribution in [0.2, 0.25) is 0 Å². The predicted octanol–water partition coefficient (Wildman–Crippen LogP) is 6.22. The van der Waals surface area contributed by atoms with E-state index in [0.29, 0.717) is 11.1 Å². The van der Waals surface area contributed by atoms with E-state index in [2.05, 4.69) is 0 Å². The van der Waals surface area contributed by atoms with Crippen LogP contribution >= 0.6 is 0 Å². The minimum absolute atomic E-state index is 0.198. The van der Waals surface area contributed by atoms with E-state index in [1.165, 1.54) is 0 Å². The van der Waals surface area contributed by atoms with Crippen LogP contribution in [0.3, 0.4) is 0 Å². The normalized spacial score (nSPS) is 24.2. The first kappa shape index (κ1) is 33.5. The molecule has 2 unspecified atom stereocenters. The van der Waals surface area contributed by atoms with E-state index in [0.717, 1.165) is 22.3 Å². The molecule has 4 aromatic carbocycles. The van der Waals surface area contributed by atoms with Gasteiger partial charge in [0, 0.05) is 0 Å². The van der Waals surface area contributed by atoms with Gasteiger partial charge in [-0.2, -0.15) is 0 Å². The molecular weight excluding hydrogens is 616 g/mol. The SMILES string of the molecule is CC1(C)O[C@H]([C@@H]2OC(C)(C)O[C@H]2C(O)c2ccc(-c3ccc(C(=O)O)cc3)cc2)[C@@H](C(O)c2ccc(-c3ccc(C(=O)O)cc3)cc2)O1. The van der Waals surface area contributed by atoms with Gasteiger partial charge < -0.3 is 39.4 Å². The number of carbonyl (C=O) groups is 2. The molecule has 2 fully saturated rings. The summed E-state index contributed by atoms with van der Waals surface area (Å²) in [6.45, 7) is 7.02. The molecule has 0 spiro atoms. The van der Waals surface area contributed by atoms with Gasteiger partial charge in [-0.05, 0) is 85.3 Å². The van der Waals surface area contributed by atoms with Crippen molar-refractivity contribution in [1.29, 1.82) is 0 Å². The van der Waals surface area contributed by atoms with E-state index in [-0.39, 0.29) is 11.1 Å². The van der Waals surface area contributed by atoms with Crippen LogP contribution in [0.1, 0.15) is 71.7 Å². The van der Waals surface area contributed by atoms with Crippen molar-refractivity contribution >= 4 is 11.9 Å². The lowest BCUT2D eigenvalue weighted by molar-refractivity contribution is -0.176. The first-order chi connectivity index (χ1) is 22.7. The summed E-state index contributed by atoms with van der Waals surface area (Å²) in [7, 11) is 0. The maximum Gasteiger partial charge on any atom is 0.335 e.